The quantitative estimate of drug-likeness (QED) is 0.550. The summed E-state index contributed by atoms with van der Waals surface area (Å²) in [6.45, 7) is 2.22. The van der Waals surface area contributed by atoms with Crippen LogP contribution in [-0.2, 0) is 23.1 Å². The number of aromatic nitrogens is 3. The van der Waals surface area contributed by atoms with Crippen LogP contribution in [0, 0.1) is 0 Å². The van der Waals surface area contributed by atoms with Gasteiger partial charge in [0, 0.05) is 23.1 Å². The van der Waals surface area contributed by atoms with Crippen molar-refractivity contribution in [3.63, 3.8) is 0 Å². The summed E-state index contributed by atoms with van der Waals surface area (Å²) >= 11 is 12.3. The smallest absolute Gasteiger partial charge is 0.256 e. The van der Waals surface area contributed by atoms with Crippen molar-refractivity contribution in [2.75, 3.05) is 16.4 Å². The van der Waals surface area contributed by atoms with Crippen molar-refractivity contribution in [1.82, 2.24) is 14.2 Å². The topological polar surface area (TPSA) is 88.9 Å². The highest BCUT2D eigenvalue weighted by atomic mass is 35.5. The predicted molar refractivity (Wildman–Crippen MR) is 112 cm³/mol. The van der Waals surface area contributed by atoms with Crippen molar-refractivity contribution >= 4 is 45.1 Å². The summed E-state index contributed by atoms with van der Waals surface area (Å²) in [5.74, 6) is 0.184. The minimum Gasteiger partial charge on any atom is -0.349 e. The van der Waals surface area contributed by atoms with Gasteiger partial charge in [0.05, 0.1) is 5.75 Å². The SMILES string of the molecule is CCS(=O)(=O)n1nc(NCc2ccccc2Cl)nc1NCc1ccccc1Cl. The molecule has 10 heteroatoms. The van der Waals surface area contributed by atoms with E-state index in [0.29, 0.717) is 23.1 Å². The number of nitrogens with one attached hydrogen (secondary N) is 2. The Kier molecular flexibility index (Phi) is 6.43. The normalized spacial score (nSPS) is 11.4. The number of benzene rings is 2. The van der Waals surface area contributed by atoms with E-state index in [2.05, 4.69) is 20.7 Å². The minimum atomic E-state index is -3.63. The second-order valence-electron chi connectivity index (χ2n) is 5.89. The molecule has 0 aliphatic rings. The molecule has 28 heavy (non-hydrogen) atoms. The molecule has 0 fully saturated rings. The molecule has 1 aromatic heterocycles. The van der Waals surface area contributed by atoms with Crippen molar-refractivity contribution in [3.8, 4) is 0 Å². The summed E-state index contributed by atoms with van der Waals surface area (Å²) < 4.78 is 25.7. The Balaban J connectivity index is 1.82. The first-order valence-corrected chi connectivity index (χ1v) is 10.9. The lowest BCUT2D eigenvalue weighted by Crippen LogP contribution is -2.19. The van der Waals surface area contributed by atoms with Crippen molar-refractivity contribution in [2.45, 2.75) is 20.0 Å². The maximum Gasteiger partial charge on any atom is 0.256 e. The summed E-state index contributed by atoms with van der Waals surface area (Å²) in [6.07, 6.45) is 0. The van der Waals surface area contributed by atoms with Crippen molar-refractivity contribution in [1.29, 1.82) is 0 Å². The molecular weight excluding hydrogens is 421 g/mol. The van der Waals surface area contributed by atoms with E-state index in [1.807, 2.05) is 36.4 Å². The first-order valence-electron chi connectivity index (χ1n) is 8.55. The fourth-order valence-corrected chi connectivity index (χ4v) is 3.65. The van der Waals surface area contributed by atoms with Gasteiger partial charge in [-0.25, -0.2) is 8.42 Å². The molecule has 1 heterocycles. The lowest BCUT2D eigenvalue weighted by atomic mass is 10.2. The molecule has 3 rings (SSSR count). The minimum absolute atomic E-state index is 0.110. The van der Waals surface area contributed by atoms with Gasteiger partial charge in [0.15, 0.2) is 0 Å². The molecule has 3 aromatic rings. The van der Waals surface area contributed by atoms with Crippen LogP contribution in [0.15, 0.2) is 48.5 Å². The first-order chi connectivity index (χ1) is 13.4. The standard InChI is InChI=1S/C18H19Cl2N5O2S/c1-2-28(26,27)25-18(22-12-14-8-4-6-10-16(14)20)23-17(24-25)21-11-13-7-3-5-9-15(13)19/h3-10H,2,11-12H2,1H3,(H2,21,22,23,24). The summed E-state index contributed by atoms with van der Waals surface area (Å²) in [6, 6.07) is 14.6. The molecule has 0 unspecified atom stereocenters. The van der Waals surface area contributed by atoms with Crippen molar-refractivity contribution in [3.05, 3.63) is 69.7 Å². The maximum atomic E-state index is 12.4. The highest BCUT2D eigenvalue weighted by Crippen LogP contribution is 2.20. The molecule has 0 saturated carbocycles. The average Bonchev–Trinajstić information content (AvgIpc) is 3.11. The average molecular weight is 440 g/mol. The van der Waals surface area contributed by atoms with Crippen LogP contribution in [-0.4, -0.2) is 28.3 Å². The van der Waals surface area contributed by atoms with Gasteiger partial charge in [-0.1, -0.05) is 59.6 Å². The van der Waals surface area contributed by atoms with Crippen LogP contribution >= 0.6 is 23.2 Å². The van der Waals surface area contributed by atoms with Gasteiger partial charge in [-0.3, -0.25) is 0 Å². The summed E-state index contributed by atoms with van der Waals surface area (Å²) in [5, 5.41) is 11.3. The molecule has 0 bridgehead atoms. The number of anilines is 2. The van der Waals surface area contributed by atoms with E-state index in [-0.39, 0.29) is 17.6 Å². The number of halogens is 2. The van der Waals surface area contributed by atoms with Gasteiger partial charge in [0.2, 0.25) is 11.9 Å². The second-order valence-corrected chi connectivity index (χ2v) is 8.79. The molecule has 0 radical (unpaired) electrons. The zero-order chi connectivity index (χ0) is 20.1. The van der Waals surface area contributed by atoms with Crippen LogP contribution in [0.25, 0.3) is 0 Å². The Bertz CT molecular complexity index is 1070. The Hall–Kier alpha value is -2.29. The summed E-state index contributed by atoms with van der Waals surface area (Å²) in [7, 11) is -3.63. The predicted octanol–water partition coefficient (Wildman–Crippen LogP) is 4.01. The zero-order valence-corrected chi connectivity index (χ0v) is 17.4. The van der Waals surface area contributed by atoms with Crippen LogP contribution in [0.3, 0.4) is 0 Å². The third kappa shape index (κ3) is 4.76. The lowest BCUT2D eigenvalue weighted by molar-refractivity contribution is 0.582. The molecule has 0 aliphatic heterocycles. The van der Waals surface area contributed by atoms with Crippen LogP contribution < -0.4 is 10.6 Å². The molecule has 2 N–H and O–H groups in total. The van der Waals surface area contributed by atoms with E-state index in [1.54, 1.807) is 19.1 Å². The molecule has 0 atom stereocenters. The summed E-state index contributed by atoms with van der Waals surface area (Å²) in [5.41, 5.74) is 1.67. The van der Waals surface area contributed by atoms with E-state index in [9.17, 15) is 8.42 Å². The number of nitrogens with zero attached hydrogens (tertiary/aromatic N) is 3. The highest BCUT2D eigenvalue weighted by molar-refractivity contribution is 7.89. The van der Waals surface area contributed by atoms with E-state index in [0.717, 1.165) is 15.2 Å². The first kappa shape index (κ1) is 20.4. The van der Waals surface area contributed by atoms with Crippen LogP contribution in [0.1, 0.15) is 18.1 Å². The molecule has 7 nitrogen and oxygen atoms in total. The maximum absolute atomic E-state index is 12.4. The number of hydrogen-bond acceptors (Lipinski definition) is 6. The lowest BCUT2D eigenvalue weighted by Gasteiger charge is -2.08. The van der Waals surface area contributed by atoms with Crippen LogP contribution in [0.5, 0.6) is 0 Å². The van der Waals surface area contributed by atoms with Gasteiger partial charge in [-0.15, -0.1) is 9.19 Å². The third-order valence-corrected chi connectivity index (χ3v) is 6.25. The van der Waals surface area contributed by atoms with Crippen molar-refractivity contribution < 1.29 is 8.42 Å². The molecule has 0 saturated heterocycles. The molecule has 0 aliphatic carbocycles. The largest absolute Gasteiger partial charge is 0.349 e. The zero-order valence-electron chi connectivity index (χ0n) is 15.1. The Morgan fingerprint density at radius 3 is 2.00 bits per heavy atom. The fraction of sp³-hybridized carbons (Fsp3) is 0.222. The Labute approximate surface area is 173 Å². The van der Waals surface area contributed by atoms with E-state index in [1.165, 1.54) is 0 Å². The van der Waals surface area contributed by atoms with Gasteiger partial charge in [-0.2, -0.15) is 4.98 Å². The molecule has 148 valence electrons. The van der Waals surface area contributed by atoms with E-state index in [4.69, 9.17) is 23.2 Å². The highest BCUT2D eigenvalue weighted by Gasteiger charge is 2.20. The van der Waals surface area contributed by atoms with Gasteiger partial charge in [0.25, 0.3) is 10.0 Å². The van der Waals surface area contributed by atoms with Crippen LogP contribution in [0.2, 0.25) is 10.0 Å². The molecule has 0 spiro atoms. The number of rotatable bonds is 8. The monoisotopic (exact) mass is 439 g/mol. The number of hydrogen-bond donors (Lipinski definition) is 2. The van der Waals surface area contributed by atoms with Gasteiger partial charge >= 0.3 is 0 Å². The second kappa shape index (κ2) is 8.81. The van der Waals surface area contributed by atoms with E-state index >= 15 is 0 Å². The van der Waals surface area contributed by atoms with Gasteiger partial charge in [-0.05, 0) is 30.2 Å². The van der Waals surface area contributed by atoms with Gasteiger partial charge < -0.3 is 10.6 Å². The molecule has 2 aromatic carbocycles. The fourth-order valence-electron chi connectivity index (χ4n) is 2.43. The van der Waals surface area contributed by atoms with E-state index < -0.39 is 10.0 Å². The van der Waals surface area contributed by atoms with Gasteiger partial charge in [0.1, 0.15) is 0 Å². The Morgan fingerprint density at radius 2 is 1.46 bits per heavy atom. The van der Waals surface area contributed by atoms with Crippen molar-refractivity contribution in [2.24, 2.45) is 0 Å². The van der Waals surface area contributed by atoms with Crippen LogP contribution in [0.4, 0.5) is 11.9 Å². The Morgan fingerprint density at radius 1 is 0.929 bits per heavy atom. The molecule has 0 amide bonds. The summed E-state index contributed by atoms with van der Waals surface area (Å²) in [4.78, 5) is 4.28. The molecular formula is C18H19Cl2N5O2S. The third-order valence-electron chi connectivity index (χ3n) is 4.00.